The van der Waals surface area contributed by atoms with Gasteiger partial charge in [0.1, 0.15) is 0 Å². The van der Waals surface area contributed by atoms with Crippen molar-refractivity contribution >= 4 is 29.4 Å². The summed E-state index contributed by atoms with van der Waals surface area (Å²) in [6.07, 6.45) is 0. The molecule has 0 atom stereocenters. The maximum absolute atomic E-state index is 11.4. The van der Waals surface area contributed by atoms with Gasteiger partial charge in [-0.15, -0.1) is 0 Å². The van der Waals surface area contributed by atoms with E-state index in [1.165, 1.54) is 18.1 Å². The number of carbonyl (C=O) groups excluding carboxylic acids is 1. The number of hydrogen-bond donors (Lipinski definition) is 0. The van der Waals surface area contributed by atoms with Gasteiger partial charge in [0.2, 0.25) is 0 Å². The summed E-state index contributed by atoms with van der Waals surface area (Å²) in [5.41, 5.74) is 2.43. The van der Waals surface area contributed by atoms with E-state index in [0.717, 1.165) is 8.79 Å². The Morgan fingerprint density at radius 1 is 0.842 bits per heavy atom. The predicted octanol–water partition coefficient (Wildman–Crippen LogP) is 1.97. The second kappa shape index (κ2) is 6.06. The zero-order valence-corrected chi connectivity index (χ0v) is 13.5. The molecule has 1 radical (unpaired) electrons. The summed E-state index contributed by atoms with van der Waals surface area (Å²) in [4.78, 5) is 11.4. The van der Waals surface area contributed by atoms with Crippen molar-refractivity contribution in [2.45, 2.75) is 20.8 Å². The van der Waals surface area contributed by atoms with Crippen LogP contribution in [0.2, 0.25) is 0 Å². The van der Waals surface area contributed by atoms with Crippen molar-refractivity contribution in [2.24, 2.45) is 0 Å². The van der Waals surface area contributed by atoms with E-state index in [9.17, 15) is 4.79 Å². The Bertz CT molecular complexity index is 513. The fraction of sp³-hybridized carbons (Fsp3) is 0.188. The van der Waals surface area contributed by atoms with Crippen LogP contribution in [0.4, 0.5) is 0 Å². The van der Waals surface area contributed by atoms with Crippen molar-refractivity contribution in [3.8, 4) is 0 Å². The molecule has 2 rings (SSSR count). The number of rotatable bonds is 3. The van der Waals surface area contributed by atoms with Gasteiger partial charge in [-0.3, -0.25) is 0 Å². The van der Waals surface area contributed by atoms with E-state index in [-0.39, 0.29) is 5.97 Å². The fourth-order valence-corrected chi connectivity index (χ4v) is 5.60. The quantitative estimate of drug-likeness (QED) is 0.810. The van der Waals surface area contributed by atoms with E-state index in [4.69, 9.17) is 3.76 Å². The molecular weight excluding hydrogens is 297 g/mol. The molecular formula is C16H17GeO2. The Labute approximate surface area is 118 Å². The third-order valence-electron chi connectivity index (χ3n) is 2.87. The third kappa shape index (κ3) is 3.71. The molecule has 2 nitrogen and oxygen atoms in total. The van der Waals surface area contributed by atoms with E-state index < -0.39 is 14.7 Å². The van der Waals surface area contributed by atoms with Gasteiger partial charge in [-0.25, -0.2) is 0 Å². The van der Waals surface area contributed by atoms with E-state index in [1.54, 1.807) is 0 Å². The molecule has 0 spiro atoms. The number of hydrogen-bond acceptors (Lipinski definition) is 2. The average Bonchev–Trinajstić information content (AvgIpc) is 2.38. The van der Waals surface area contributed by atoms with E-state index >= 15 is 0 Å². The van der Waals surface area contributed by atoms with E-state index in [2.05, 4.69) is 62.4 Å². The van der Waals surface area contributed by atoms with Crippen LogP contribution in [-0.4, -0.2) is 20.7 Å². The van der Waals surface area contributed by atoms with Crippen molar-refractivity contribution in [3.05, 3.63) is 59.7 Å². The van der Waals surface area contributed by atoms with Gasteiger partial charge < -0.3 is 0 Å². The molecule has 0 amide bonds. The van der Waals surface area contributed by atoms with Gasteiger partial charge in [-0.2, -0.15) is 0 Å². The summed E-state index contributed by atoms with van der Waals surface area (Å²) in [7, 11) is 0. The van der Waals surface area contributed by atoms with Crippen LogP contribution >= 0.6 is 0 Å². The molecule has 19 heavy (non-hydrogen) atoms. The molecule has 2 aromatic carbocycles. The zero-order chi connectivity index (χ0) is 13.8. The van der Waals surface area contributed by atoms with Crippen molar-refractivity contribution in [1.29, 1.82) is 0 Å². The Balaban J connectivity index is 2.37. The zero-order valence-electron chi connectivity index (χ0n) is 11.4. The SMILES string of the molecule is CC(=O)[O][Ge]([c]1ccc(C)cc1)[c]1ccc(C)cc1. The van der Waals surface area contributed by atoms with Crippen LogP contribution in [0.25, 0.3) is 0 Å². The van der Waals surface area contributed by atoms with Gasteiger partial charge in [-0.05, 0) is 0 Å². The first kappa shape index (κ1) is 13.9. The normalized spacial score (nSPS) is 10.5. The molecule has 0 N–H and O–H groups in total. The topological polar surface area (TPSA) is 26.3 Å². The van der Waals surface area contributed by atoms with Gasteiger partial charge in [0.25, 0.3) is 0 Å². The van der Waals surface area contributed by atoms with Crippen LogP contribution in [0.15, 0.2) is 48.5 Å². The molecule has 0 aliphatic heterocycles. The molecule has 2 aromatic rings. The van der Waals surface area contributed by atoms with Gasteiger partial charge in [-0.1, -0.05) is 0 Å². The molecule has 0 aromatic heterocycles. The summed E-state index contributed by atoms with van der Waals surface area (Å²) < 4.78 is 7.94. The maximum atomic E-state index is 11.4. The molecule has 0 bridgehead atoms. The molecule has 0 heterocycles. The van der Waals surface area contributed by atoms with E-state index in [0.29, 0.717) is 0 Å². The van der Waals surface area contributed by atoms with Crippen LogP contribution in [-0.2, 0) is 8.56 Å². The van der Waals surface area contributed by atoms with Crippen LogP contribution in [0.3, 0.4) is 0 Å². The summed E-state index contributed by atoms with van der Waals surface area (Å²) >= 11 is -2.21. The molecule has 0 aliphatic rings. The number of carbonyl (C=O) groups is 1. The second-order valence-electron chi connectivity index (χ2n) is 4.65. The molecule has 0 fully saturated rings. The van der Waals surface area contributed by atoms with Gasteiger partial charge in [0, 0.05) is 0 Å². The Morgan fingerprint density at radius 2 is 1.21 bits per heavy atom. The van der Waals surface area contributed by atoms with Crippen molar-refractivity contribution in [3.63, 3.8) is 0 Å². The Morgan fingerprint density at radius 3 is 1.53 bits per heavy atom. The summed E-state index contributed by atoms with van der Waals surface area (Å²) in [6.45, 7) is 5.59. The molecule has 3 heteroatoms. The molecule has 0 aliphatic carbocycles. The first-order valence-corrected chi connectivity index (χ1v) is 9.21. The Kier molecular flexibility index (Phi) is 4.43. The first-order chi connectivity index (χ1) is 9.06. The molecule has 0 saturated carbocycles. The molecule has 97 valence electrons. The molecule has 0 saturated heterocycles. The average molecular weight is 314 g/mol. The minimum absolute atomic E-state index is 0.198. The second-order valence-corrected chi connectivity index (χ2v) is 8.89. The van der Waals surface area contributed by atoms with Crippen LogP contribution in [0.1, 0.15) is 18.1 Å². The van der Waals surface area contributed by atoms with Gasteiger partial charge >= 0.3 is 118 Å². The standard InChI is InChI=1S/C16H17GeO2/c1-12-4-8-15(9-5-12)17(19-14(3)18)16-10-6-13(2)7-11-16/h4-11H,1-3H3. The van der Waals surface area contributed by atoms with Crippen LogP contribution in [0, 0.1) is 13.8 Å². The molecule has 0 unspecified atom stereocenters. The predicted molar refractivity (Wildman–Crippen MR) is 79.1 cm³/mol. The fourth-order valence-electron chi connectivity index (χ4n) is 1.84. The van der Waals surface area contributed by atoms with Crippen LogP contribution in [0.5, 0.6) is 0 Å². The Hall–Kier alpha value is -1.55. The van der Waals surface area contributed by atoms with Gasteiger partial charge in [0.15, 0.2) is 0 Å². The summed E-state index contributed by atoms with van der Waals surface area (Å²) in [5, 5.41) is 0. The van der Waals surface area contributed by atoms with Crippen molar-refractivity contribution in [2.75, 3.05) is 0 Å². The van der Waals surface area contributed by atoms with E-state index in [1.807, 2.05) is 0 Å². The minimum atomic E-state index is -2.21. The first-order valence-electron chi connectivity index (χ1n) is 6.26. The van der Waals surface area contributed by atoms with Crippen molar-refractivity contribution in [1.82, 2.24) is 0 Å². The van der Waals surface area contributed by atoms with Crippen molar-refractivity contribution < 1.29 is 8.56 Å². The summed E-state index contributed by atoms with van der Waals surface area (Å²) in [6, 6.07) is 16.6. The summed E-state index contributed by atoms with van der Waals surface area (Å²) in [5.74, 6) is -0.198. The monoisotopic (exact) mass is 315 g/mol. The number of benzene rings is 2. The number of aryl methyl sites for hydroxylation is 2. The third-order valence-corrected chi connectivity index (χ3v) is 7.50. The van der Waals surface area contributed by atoms with Gasteiger partial charge in [0.05, 0.1) is 0 Å². The van der Waals surface area contributed by atoms with Crippen LogP contribution < -0.4 is 8.79 Å².